The first-order valence-corrected chi connectivity index (χ1v) is 5.18. The summed E-state index contributed by atoms with van der Waals surface area (Å²) in [6, 6.07) is 0. The fraction of sp³-hybridized carbons (Fsp3) is 0.583. The van der Waals surface area contributed by atoms with Crippen LogP contribution in [0.1, 0.15) is 51.6 Å². The maximum absolute atomic E-state index is 5.25. The van der Waals surface area contributed by atoms with Crippen molar-refractivity contribution < 1.29 is 4.42 Å². The monoisotopic (exact) mass is 193 g/mol. The van der Waals surface area contributed by atoms with E-state index in [1.54, 1.807) is 12.3 Å². The fourth-order valence-electron chi connectivity index (χ4n) is 1.44. The lowest BCUT2D eigenvalue weighted by atomic mass is 9.84. The molecule has 0 fully saturated rings. The Bertz CT molecular complexity index is 299. The Kier molecular flexibility index (Phi) is 3.50. The van der Waals surface area contributed by atoms with Crippen LogP contribution in [0.4, 0.5) is 0 Å². The van der Waals surface area contributed by atoms with Gasteiger partial charge in [0.2, 0.25) is 5.89 Å². The van der Waals surface area contributed by atoms with Crippen molar-refractivity contribution in [3.05, 3.63) is 24.4 Å². The molecule has 0 unspecified atom stereocenters. The second-order valence-corrected chi connectivity index (χ2v) is 4.26. The zero-order chi connectivity index (χ0) is 10.6. The fourth-order valence-corrected chi connectivity index (χ4v) is 1.44. The molecule has 0 spiro atoms. The number of nitrogens with zero attached hydrogens (tertiary/aromatic N) is 1. The van der Waals surface area contributed by atoms with Crippen LogP contribution in [0, 0.1) is 0 Å². The SMILES string of the molecule is C=Cc1nc(C(C)(C)CCCC)co1. The van der Waals surface area contributed by atoms with Gasteiger partial charge < -0.3 is 4.42 Å². The molecule has 0 saturated carbocycles. The van der Waals surface area contributed by atoms with Crippen LogP contribution in [0.3, 0.4) is 0 Å². The molecule has 0 aliphatic carbocycles. The van der Waals surface area contributed by atoms with Gasteiger partial charge in [-0.15, -0.1) is 0 Å². The molecule has 1 heterocycles. The van der Waals surface area contributed by atoms with Gasteiger partial charge >= 0.3 is 0 Å². The molecule has 2 heteroatoms. The molecule has 0 atom stereocenters. The quantitative estimate of drug-likeness (QED) is 0.711. The summed E-state index contributed by atoms with van der Waals surface area (Å²) >= 11 is 0. The zero-order valence-corrected chi connectivity index (χ0v) is 9.34. The Morgan fingerprint density at radius 3 is 2.79 bits per heavy atom. The highest BCUT2D eigenvalue weighted by molar-refractivity contribution is 5.34. The number of unbranched alkanes of at least 4 members (excludes halogenated alkanes) is 1. The maximum atomic E-state index is 5.25. The Morgan fingerprint density at radius 1 is 1.57 bits per heavy atom. The third-order valence-corrected chi connectivity index (χ3v) is 2.55. The summed E-state index contributed by atoms with van der Waals surface area (Å²) in [4.78, 5) is 4.37. The van der Waals surface area contributed by atoms with Crippen molar-refractivity contribution in [3.8, 4) is 0 Å². The van der Waals surface area contributed by atoms with E-state index in [-0.39, 0.29) is 5.41 Å². The average molecular weight is 193 g/mol. The number of rotatable bonds is 5. The minimum Gasteiger partial charge on any atom is -0.445 e. The van der Waals surface area contributed by atoms with Crippen LogP contribution in [-0.2, 0) is 5.41 Å². The lowest BCUT2D eigenvalue weighted by Gasteiger charge is -2.20. The number of oxazole rings is 1. The first-order chi connectivity index (χ1) is 6.60. The van der Waals surface area contributed by atoms with Crippen molar-refractivity contribution in [1.82, 2.24) is 4.98 Å². The van der Waals surface area contributed by atoms with Crippen LogP contribution < -0.4 is 0 Å². The summed E-state index contributed by atoms with van der Waals surface area (Å²) in [6.45, 7) is 10.2. The summed E-state index contributed by atoms with van der Waals surface area (Å²) in [6.07, 6.45) is 6.97. The molecule has 0 aromatic carbocycles. The Hall–Kier alpha value is -1.05. The van der Waals surface area contributed by atoms with Gasteiger partial charge in [0.05, 0.1) is 5.69 Å². The van der Waals surface area contributed by atoms with Crippen molar-refractivity contribution in [2.45, 2.75) is 45.4 Å². The second-order valence-electron chi connectivity index (χ2n) is 4.26. The summed E-state index contributed by atoms with van der Waals surface area (Å²) in [7, 11) is 0. The van der Waals surface area contributed by atoms with Crippen molar-refractivity contribution in [2.24, 2.45) is 0 Å². The average Bonchev–Trinajstić information content (AvgIpc) is 2.63. The van der Waals surface area contributed by atoms with E-state index < -0.39 is 0 Å². The van der Waals surface area contributed by atoms with E-state index in [4.69, 9.17) is 4.42 Å². The van der Waals surface area contributed by atoms with E-state index in [2.05, 4.69) is 32.3 Å². The first kappa shape index (κ1) is 11.0. The van der Waals surface area contributed by atoms with E-state index >= 15 is 0 Å². The minimum absolute atomic E-state index is 0.112. The normalized spacial score (nSPS) is 11.6. The third-order valence-electron chi connectivity index (χ3n) is 2.55. The number of aromatic nitrogens is 1. The molecule has 78 valence electrons. The zero-order valence-electron chi connectivity index (χ0n) is 9.34. The van der Waals surface area contributed by atoms with Crippen LogP contribution in [0.5, 0.6) is 0 Å². The Balaban J connectivity index is 2.75. The molecule has 2 nitrogen and oxygen atoms in total. The van der Waals surface area contributed by atoms with Crippen LogP contribution >= 0.6 is 0 Å². The molecule has 0 saturated heterocycles. The third kappa shape index (κ3) is 2.47. The Morgan fingerprint density at radius 2 is 2.29 bits per heavy atom. The molecule has 0 amide bonds. The number of hydrogen-bond donors (Lipinski definition) is 0. The van der Waals surface area contributed by atoms with Gasteiger partial charge in [-0.3, -0.25) is 0 Å². The van der Waals surface area contributed by atoms with E-state index in [0.717, 1.165) is 12.1 Å². The summed E-state index contributed by atoms with van der Waals surface area (Å²) in [5.41, 5.74) is 1.14. The molecule has 0 aliphatic heterocycles. The van der Waals surface area contributed by atoms with Gasteiger partial charge in [-0.1, -0.05) is 40.2 Å². The van der Waals surface area contributed by atoms with Crippen molar-refractivity contribution in [1.29, 1.82) is 0 Å². The van der Waals surface area contributed by atoms with E-state index in [0.29, 0.717) is 5.89 Å². The largest absolute Gasteiger partial charge is 0.445 e. The van der Waals surface area contributed by atoms with Gasteiger partial charge in [0.15, 0.2) is 0 Å². The molecule has 0 aliphatic rings. The topological polar surface area (TPSA) is 26.0 Å². The van der Waals surface area contributed by atoms with E-state index in [1.165, 1.54) is 12.8 Å². The highest BCUT2D eigenvalue weighted by atomic mass is 16.3. The van der Waals surface area contributed by atoms with E-state index in [1.807, 2.05) is 0 Å². The van der Waals surface area contributed by atoms with Gasteiger partial charge in [-0.05, 0) is 12.5 Å². The summed E-state index contributed by atoms with van der Waals surface area (Å²) in [5.74, 6) is 0.615. The lowest BCUT2D eigenvalue weighted by molar-refractivity contribution is 0.442. The molecule has 1 aromatic rings. The van der Waals surface area contributed by atoms with Gasteiger partial charge in [0.25, 0.3) is 0 Å². The lowest BCUT2D eigenvalue weighted by Crippen LogP contribution is -2.17. The van der Waals surface area contributed by atoms with Crippen LogP contribution in [-0.4, -0.2) is 4.98 Å². The molecule has 1 rings (SSSR count). The summed E-state index contributed by atoms with van der Waals surface area (Å²) < 4.78 is 5.25. The highest BCUT2D eigenvalue weighted by Gasteiger charge is 2.23. The molecule has 0 radical (unpaired) electrons. The van der Waals surface area contributed by atoms with Crippen molar-refractivity contribution in [3.63, 3.8) is 0 Å². The van der Waals surface area contributed by atoms with Crippen molar-refractivity contribution in [2.75, 3.05) is 0 Å². The number of hydrogen-bond acceptors (Lipinski definition) is 2. The molecule has 14 heavy (non-hydrogen) atoms. The first-order valence-electron chi connectivity index (χ1n) is 5.18. The molecule has 1 aromatic heterocycles. The molecular formula is C12H19NO. The standard InChI is InChI=1S/C12H19NO/c1-5-7-8-12(3,4)10-9-14-11(6-2)13-10/h6,9H,2,5,7-8H2,1,3-4H3. The summed E-state index contributed by atoms with van der Waals surface area (Å²) in [5, 5.41) is 0. The van der Waals surface area contributed by atoms with Gasteiger partial charge in [-0.2, -0.15) is 0 Å². The minimum atomic E-state index is 0.112. The van der Waals surface area contributed by atoms with Gasteiger partial charge in [0.1, 0.15) is 6.26 Å². The van der Waals surface area contributed by atoms with Gasteiger partial charge in [-0.25, -0.2) is 4.98 Å². The van der Waals surface area contributed by atoms with Crippen LogP contribution in [0.2, 0.25) is 0 Å². The predicted octanol–water partition coefficient (Wildman–Crippen LogP) is 3.79. The maximum Gasteiger partial charge on any atom is 0.218 e. The smallest absolute Gasteiger partial charge is 0.218 e. The second kappa shape index (κ2) is 4.45. The van der Waals surface area contributed by atoms with Crippen LogP contribution in [0.25, 0.3) is 6.08 Å². The highest BCUT2D eigenvalue weighted by Crippen LogP contribution is 2.28. The molecular weight excluding hydrogens is 174 g/mol. The predicted molar refractivity (Wildman–Crippen MR) is 59.1 cm³/mol. The molecule has 0 N–H and O–H groups in total. The Labute approximate surface area is 86.0 Å². The molecule has 0 bridgehead atoms. The van der Waals surface area contributed by atoms with Crippen LogP contribution in [0.15, 0.2) is 17.3 Å². The van der Waals surface area contributed by atoms with Crippen molar-refractivity contribution >= 4 is 6.08 Å². The van der Waals surface area contributed by atoms with E-state index in [9.17, 15) is 0 Å². The van der Waals surface area contributed by atoms with Gasteiger partial charge in [0, 0.05) is 5.41 Å².